The second kappa shape index (κ2) is 13.1. The highest BCUT2D eigenvalue weighted by molar-refractivity contribution is 8.00. The second-order valence-corrected chi connectivity index (χ2v) is 16.4. The summed E-state index contributed by atoms with van der Waals surface area (Å²) in [7, 11) is 13.2. The minimum atomic E-state index is 0.575. The molecule has 0 fully saturated rings. The molecule has 2 aliphatic heterocycles. The molecular formula is C40H44N4O2S2+2. The summed E-state index contributed by atoms with van der Waals surface area (Å²) in [5.41, 5.74) is 6.52. The van der Waals surface area contributed by atoms with Gasteiger partial charge in [-0.2, -0.15) is 0 Å². The molecule has 0 aromatic heterocycles. The van der Waals surface area contributed by atoms with Crippen LogP contribution >= 0.6 is 23.5 Å². The van der Waals surface area contributed by atoms with Crippen LogP contribution in [-0.2, 0) is 0 Å². The van der Waals surface area contributed by atoms with Crippen molar-refractivity contribution in [1.82, 2.24) is 0 Å². The third kappa shape index (κ3) is 6.76. The van der Waals surface area contributed by atoms with Crippen molar-refractivity contribution in [2.45, 2.75) is 19.6 Å². The van der Waals surface area contributed by atoms with Gasteiger partial charge >= 0.3 is 0 Å². The maximum Gasteiger partial charge on any atom is 0.147 e. The topological polar surface area (TPSA) is 24.9 Å². The maximum absolute atomic E-state index is 6.80. The van der Waals surface area contributed by atoms with E-state index in [0.717, 1.165) is 67.7 Å². The van der Waals surface area contributed by atoms with E-state index in [0.29, 0.717) is 13.2 Å². The van der Waals surface area contributed by atoms with Crippen LogP contribution in [0.2, 0.25) is 0 Å². The van der Waals surface area contributed by atoms with Gasteiger partial charge in [0.15, 0.2) is 0 Å². The summed E-state index contributed by atoms with van der Waals surface area (Å²) in [6.45, 7) is 2.89. The molecule has 0 spiro atoms. The summed E-state index contributed by atoms with van der Waals surface area (Å²) < 4.78 is 15.2. The molecule has 0 saturated carbocycles. The van der Waals surface area contributed by atoms with Gasteiger partial charge in [0, 0.05) is 25.6 Å². The molecular weight excluding hydrogens is 633 g/mol. The van der Waals surface area contributed by atoms with Crippen molar-refractivity contribution in [3.8, 4) is 11.5 Å². The first-order valence-corrected chi connectivity index (χ1v) is 18.1. The minimum absolute atomic E-state index is 0.575. The first kappa shape index (κ1) is 32.5. The Morgan fingerprint density at radius 3 is 1.06 bits per heavy atom. The average Bonchev–Trinajstić information content (AvgIpc) is 3.05. The van der Waals surface area contributed by atoms with Crippen LogP contribution in [0, 0.1) is 0 Å². The van der Waals surface area contributed by atoms with Gasteiger partial charge in [0.05, 0.1) is 76.4 Å². The molecule has 0 radical (unpaired) electrons. The highest BCUT2D eigenvalue weighted by atomic mass is 32.2. The molecule has 2 heterocycles. The molecule has 0 atom stereocenters. The number of quaternary nitrogens is 2. The molecule has 2 aliphatic rings. The Balaban J connectivity index is 1.47. The lowest BCUT2D eigenvalue weighted by molar-refractivity contribution is -0.870. The van der Waals surface area contributed by atoms with E-state index in [1.165, 1.54) is 19.6 Å². The lowest BCUT2D eigenvalue weighted by Gasteiger charge is -2.37. The van der Waals surface area contributed by atoms with Gasteiger partial charge in [-0.15, -0.1) is 0 Å². The van der Waals surface area contributed by atoms with Gasteiger partial charge in [-0.05, 0) is 54.6 Å². The summed E-state index contributed by atoms with van der Waals surface area (Å²) >= 11 is 3.63. The number of ether oxygens (including phenoxy) is 2. The van der Waals surface area contributed by atoms with E-state index in [9.17, 15) is 0 Å². The van der Waals surface area contributed by atoms with Crippen LogP contribution in [0.15, 0.2) is 129 Å². The van der Waals surface area contributed by atoms with Gasteiger partial charge in [0.2, 0.25) is 0 Å². The van der Waals surface area contributed by atoms with E-state index < -0.39 is 0 Å². The Morgan fingerprint density at radius 2 is 0.750 bits per heavy atom. The molecule has 7 rings (SSSR count). The van der Waals surface area contributed by atoms with Crippen LogP contribution in [0.25, 0.3) is 0 Å². The van der Waals surface area contributed by atoms with Crippen molar-refractivity contribution in [3.63, 3.8) is 0 Å². The SMILES string of the molecule is C[N+](C)(C)CCOc1cc(OCC[N+](C)(C)C)c(N2c3ccccc3Sc3ccccc32)cc1N1c2ccccc2Sc2ccccc21. The van der Waals surface area contributed by atoms with Crippen molar-refractivity contribution in [1.29, 1.82) is 0 Å². The summed E-state index contributed by atoms with van der Waals surface area (Å²) in [5, 5.41) is 0. The number of rotatable bonds is 10. The lowest BCUT2D eigenvalue weighted by Crippen LogP contribution is -2.38. The van der Waals surface area contributed by atoms with Crippen molar-refractivity contribution in [3.05, 3.63) is 109 Å². The summed E-state index contributed by atoms with van der Waals surface area (Å²) in [6, 6.07) is 39.0. The number of likely N-dealkylation sites (N-methyl/N-ethyl adjacent to an activating group) is 2. The molecule has 0 N–H and O–H groups in total. The molecule has 0 unspecified atom stereocenters. The van der Waals surface area contributed by atoms with Crippen molar-refractivity contribution in [2.24, 2.45) is 0 Å². The molecule has 6 nitrogen and oxygen atoms in total. The van der Waals surface area contributed by atoms with Crippen LogP contribution in [0.5, 0.6) is 11.5 Å². The Hall–Kier alpha value is -4.08. The van der Waals surface area contributed by atoms with E-state index in [1.807, 2.05) is 23.5 Å². The summed E-state index contributed by atoms with van der Waals surface area (Å²) in [6.07, 6.45) is 0. The van der Waals surface area contributed by atoms with E-state index in [-0.39, 0.29) is 0 Å². The van der Waals surface area contributed by atoms with E-state index in [4.69, 9.17) is 9.47 Å². The van der Waals surface area contributed by atoms with Crippen LogP contribution in [0.4, 0.5) is 34.1 Å². The van der Waals surface area contributed by atoms with E-state index >= 15 is 0 Å². The minimum Gasteiger partial charge on any atom is -0.485 e. The molecule has 0 bridgehead atoms. The predicted molar refractivity (Wildman–Crippen MR) is 201 cm³/mol. The van der Waals surface area contributed by atoms with Crippen LogP contribution in [-0.4, -0.2) is 77.6 Å². The third-order valence-corrected chi connectivity index (χ3v) is 10.7. The molecule has 8 heteroatoms. The number of fused-ring (bicyclic) bond motifs is 4. The normalized spacial score (nSPS) is 13.7. The quantitative estimate of drug-likeness (QED) is 0.134. The smallest absolute Gasteiger partial charge is 0.147 e. The molecule has 48 heavy (non-hydrogen) atoms. The number of para-hydroxylation sites is 4. The zero-order chi connectivity index (χ0) is 33.5. The fraction of sp³-hybridized carbons (Fsp3) is 0.250. The number of nitrogens with zero attached hydrogens (tertiary/aromatic N) is 4. The average molecular weight is 677 g/mol. The van der Waals surface area contributed by atoms with Crippen molar-refractivity contribution >= 4 is 57.6 Å². The first-order chi connectivity index (χ1) is 23.1. The van der Waals surface area contributed by atoms with Crippen LogP contribution < -0.4 is 19.3 Å². The molecule has 246 valence electrons. The molecule has 5 aromatic rings. The number of anilines is 6. The highest BCUT2D eigenvalue weighted by Crippen LogP contribution is 2.58. The largest absolute Gasteiger partial charge is 0.485 e. The lowest BCUT2D eigenvalue weighted by atomic mass is 10.1. The fourth-order valence-corrected chi connectivity index (χ4v) is 8.02. The third-order valence-electron chi connectivity index (χ3n) is 8.43. The van der Waals surface area contributed by atoms with Crippen LogP contribution in [0.3, 0.4) is 0 Å². The molecule has 0 amide bonds. The second-order valence-electron chi connectivity index (χ2n) is 14.3. The predicted octanol–water partition coefficient (Wildman–Crippen LogP) is 9.73. The maximum atomic E-state index is 6.80. The highest BCUT2D eigenvalue weighted by Gasteiger charge is 2.32. The molecule has 0 saturated heterocycles. The summed E-state index contributed by atoms with van der Waals surface area (Å²) in [5.74, 6) is 1.61. The molecule has 0 aliphatic carbocycles. The van der Waals surface area contributed by atoms with Crippen molar-refractivity contribution < 1.29 is 18.4 Å². The zero-order valence-electron chi connectivity index (χ0n) is 28.6. The first-order valence-electron chi connectivity index (χ1n) is 16.4. The van der Waals surface area contributed by atoms with Gasteiger partial charge in [0.1, 0.15) is 37.8 Å². The standard InChI is InChI=1S/C40H44N4O2S2/c1-43(2,3)23-25-45-35-28-36(46-26-24-44(4,5)6)34(42-31-17-9-13-21-39(31)48-40-22-14-10-18-32(40)42)27-33(35)41-29-15-7-11-19-37(29)47-38-20-12-8-16-30(38)41/h7-22,27-28H,23-26H2,1-6H3/q+2. The zero-order valence-corrected chi connectivity index (χ0v) is 30.3. The fourth-order valence-electron chi connectivity index (χ4n) is 5.91. The molecule has 5 aromatic carbocycles. The van der Waals surface area contributed by atoms with Gasteiger partial charge < -0.3 is 28.2 Å². The van der Waals surface area contributed by atoms with Crippen molar-refractivity contribution in [2.75, 3.05) is 78.4 Å². The van der Waals surface area contributed by atoms with Gasteiger partial charge in [0.25, 0.3) is 0 Å². The van der Waals surface area contributed by atoms with Gasteiger partial charge in [-0.3, -0.25) is 0 Å². The monoisotopic (exact) mass is 676 g/mol. The van der Waals surface area contributed by atoms with E-state index in [1.54, 1.807) is 0 Å². The van der Waals surface area contributed by atoms with E-state index in [2.05, 4.69) is 161 Å². The van der Waals surface area contributed by atoms with Gasteiger partial charge in [-0.25, -0.2) is 0 Å². The Kier molecular flexibility index (Phi) is 8.85. The Bertz CT molecular complexity index is 1720. The van der Waals surface area contributed by atoms with Crippen LogP contribution in [0.1, 0.15) is 0 Å². The summed E-state index contributed by atoms with van der Waals surface area (Å²) in [4.78, 5) is 9.59. The number of hydrogen-bond acceptors (Lipinski definition) is 6. The number of benzene rings is 5. The Labute approximate surface area is 293 Å². The Morgan fingerprint density at radius 1 is 0.438 bits per heavy atom. The van der Waals surface area contributed by atoms with Gasteiger partial charge in [-0.1, -0.05) is 72.1 Å². The number of hydrogen-bond donors (Lipinski definition) is 0.